The van der Waals surface area contributed by atoms with Crippen LogP contribution in [0, 0.1) is 0 Å². The van der Waals surface area contributed by atoms with E-state index in [1.165, 1.54) is 5.57 Å². The number of nitrogens with one attached hydrogen (secondary N) is 1. The first-order valence-corrected chi connectivity index (χ1v) is 5.49. The summed E-state index contributed by atoms with van der Waals surface area (Å²) < 4.78 is 0. The maximum absolute atomic E-state index is 10.7. The molecule has 0 radical (unpaired) electrons. The predicted octanol–water partition coefficient (Wildman–Crippen LogP) is 2.15. The Morgan fingerprint density at radius 3 is 2.38 bits per heavy atom. The van der Waals surface area contributed by atoms with E-state index in [0.29, 0.717) is 5.56 Å². The number of carbonyl (C=O) groups is 1. The maximum atomic E-state index is 10.7. The van der Waals surface area contributed by atoms with Crippen LogP contribution >= 0.6 is 0 Å². The van der Waals surface area contributed by atoms with E-state index in [1.54, 1.807) is 12.1 Å². The first kappa shape index (κ1) is 10.9. The standard InChI is InChI=1S/C13H15NO2/c15-13(16)12-3-1-10(2-4-12)9-11-5-7-14-8-6-11/h1-4,9,14H,5-8H2,(H,15,16). The SMILES string of the molecule is O=C(O)c1ccc(C=C2CCNCC2)cc1. The van der Waals surface area contributed by atoms with E-state index in [1.807, 2.05) is 12.1 Å². The van der Waals surface area contributed by atoms with Gasteiger partial charge in [0.1, 0.15) is 0 Å². The van der Waals surface area contributed by atoms with Gasteiger partial charge in [0, 0.05) is 0 Å². The average Bonchev–Trinajstić information content (AvgIpc) is 2.31. The fourth-order valence-electron chi connectivity index (χ4n) is 1.85. The van der Waals surface area contributed by atoms with Gasteiger partial charge < -0.3 is 10.4 Å². The van der Waals surface area contributed by atoms with Crippen LogP contribution in [-0.2, 0) is 0 Å². The van der Waals surface area contributed by atoms with Gasteiger partial charge in [0.05, 0.1) is 5.56 Å². The highest BCUT2D eigenvalue weighted by Crippen LogP contribution is 2.15. The van der Waals surface area contributed by atoms with Gasteiger partial charge in [-0.15, -0.1) is 0 Å². The van der Waals surface area contributed by atoms with Gasteiger partial charge in [-0.25, -0.2) is 4.79 Å². The van der Waals surface area contributed by atoms with Gasteiger partial charge in [0.25, 0.3) is 0 Å². The van der Waals surface area contributed by atoms with E-state index < -0.39 is 5.97 Å². The van der Waals surface area contributed by atoms with Gasteiger partial charge in [0.2, 0.25) is 0 Å². The van der Waals surface area contributed by atoms with Gasteiger partial charge >= 0.3 is 5.97 Å². The highest BCUT2D eigenvalue weighted by Gasteiger charge is 2.05. The van der Waals surface area contributed by atoms with Gasteiger partial charge in [-0.1, -0.05) is 23.8 Å². The van der Waals surface area contributed by atoms with Crippen molar-refractivity contribution < 1.29 is 9.90 Å². The molecular formula is C13H15NO2. The quantitative estimate of drug-likeness (QED) is 0.798. The Labute approximate surface area is 94.8 Å². The Kier molecular flexibility index (Phi) is 3.37. The van der Waals surface area contributed by atoms with E-state index >= 15 is 0 Å². The van der Waals surface area contributed by atoms with Crippen LogP contribution in [0.1, 0.15) is 28.8 Å². The molecule has 1 aliphatic rings. The molecule has 1 fully saturated rings. The molecule has 1 aromatic rings. The number of piperidine rings is 1. The number of benzene rings is 1. The van der Waals surface area contributed by atoms with Crippen LogP contribution < -0.4 is 5.32 Å². The molecule has 0 atom stereocenters. The zero-order chi connectivity index (χ0) is 11.4. The lowest BCUT2D eigenvalue weighted by Crippen LogP contribution is -2.22. The Bertz CT molecular complexity index is 398. The number of hydrogen-bond acceptors (Lipinski definition) is 2. The van der Waals surface area contributed by atoms with Crippen molar-refractivity contribution in [1.29, 1.82) is 0 Å². The molecule has 0 saturated carbocycles. The molecule has 1 aromatic carbocycles. The second-order valence-electron chi connectivity index (χ2n) is 3.98. The second kappa shape index (κ2) is 4.94. The number of rotatable bonds is 2. The molecule has 2 N–H and O–H groups in total. The van der Waals surface area contributed by atoms with Crippen LogP contribution in [0.4, 0.5) is 0 Å². The highest BCUT2D eigenvalue weighted by atomic mass is 16.4. The zero-order valence-electron chi connectivity index (χ0n) is 9.07. The minimum Gasteiger partial charge on any atom is -0.478 e. The fraction of sp³-hybridized carbons (Fsp3) is 0.308. The molecule has 0 unspecified atom stereocenters. The van der Waals surface area contributed by atoms with Crippen molar-refractivity contribution in [2.24, 2.45) is 0 Å². The lowest BCUT2D eigenvalue weighted by atomic mass is 10.0. The summed E-state index contributed by atoms with van der Waals surface area (Å²) in [6, 6.07) is 7.02. The molecule has 84 valence electrons. The summed E-state index contributed by atoms with van der Waals surface area (Å²) in [6.45, 7) is 2.08. The van der Waals surface area contributed by atoms with E-state index in [-0.39, 0.29) is 0 Å². The summed E-state index contributed by atoms with van der Waals surface area (Å²) in [5.41, 5.74) is 2.86. The summed E-state index contributed by atoms with van der Waals surface area (Å²) in [5.74, 6) is -0.874. The van der Waals surface area contributed by atoms with Crippen molar-refractivity contribution >= 4 is 12.0 Å². The number of carboxylic acid groups (broad SMARTS) is 1. The van der Waals surface area contributed by atoms with Crippen LogP contribution in [0.5, 0.6) is 0 Å². The molecule has 3 nitrogen and oxygen atoms in total. The first-order valence-electron chi connectivity index (χ1n) is 5.49. The molecule has 0 bridgehead atoms. The molecule has 16 heavy (non-hydrogen) atoms. The van der Waals surface area contributed by atoms with Crippen LogP contribution in [0.3, 0.4) is 0 Å². The van der Waals surface area contributed by atoms with Crippen molar-refractivity contribution in [1.82, 2.24) is 5.32 Å². The van der Waals surface area contributed by atoms with Gasteiger partial charge in [-0.05, 0) is 43.6 Å². The highest BCUT2D eigenvalue weighted by molar-refractivity contribution is 5.87. The minimum absolute atomic E-state index is 0.340. The predicted molar refractivity (Wildman–Crippen MR) is 63.5 cm³/mol. The number of hydrogen-bond donors (Lipinski definition) is 2. The summed E-state index contributed by atoms with van der Waals surface area (Å²) in [6.07, 6.45) is 4.33. The Morgan fingerprint density at radius 2 is 1.81 bits per heavy atom. The zero-order valence-corrected chi connectivity index (χ0v) is 9.07. The summed E-state index contributed by atoms with van der Waals surface area (Å²) in [4.78, 5) is 10.7. The van der Waals surface area contributed by atoms with Gasteiger partial charge in [-0.3, -0.25) is 0 Å². The molecule has 0 amide bonds. The van der Waals surface area contributed by atoms with Gasteiger partial charge in [0.15, 0.2) is 0 Å². The molecule has 2 rings (SSSR count). The van der Waals surface area contributed by atoms with E-state index in [9.17, 15) is 4.79 Å². The molecule has 0 aromatic heterocycles. The van der Waals surface area contributed by atoms with E-state index in [2.05, 4.69) is 11.4 Å². The topological polar surface area (TPSA) is 49.3 Å². The van der Waals surface area contributed by atoms with Gasteiger partial charge in [-0.2, -0.15) is 0 Å². The third-order valence-corrected chi connectivity index (χ3v) is 2.77. The Hall–Kier alpha value is -1.61. The normalized spacial score (nSPS) is 15.9. The Balaban J connectivity index is 2.12. The minimum atomic E-state index is -0.874. The summed E-state index contributed by atoms with van der Waals surface area (Å²) in [7, 11) is 0. The number of aromatic carboxylic acids is 1. The fourth-order valence-corrected chi connectivity index (χ4v) is 1.85. The Morgan fingerprint density at radius 1 is 1.19 bits per heavy atom. The lowest BCUT2D eigenvalue weighted by molar-refractivity contribution is 0.0697. The number of carboxylic acids is 1. The second-order valence-corrected chi connectivity index (χ2v) is 3.98. The summed E-state index contributed by atoms with van der Waals surface area (Å²) in [5, 5.41) is 12.1. The monoisotopic (exact) mass is 217 g/mol. The molecule has 3 heteroatoms. The lowest BCUT2D eigenvalue weighted by Gasteiger charge is -2.15. The molecule has 0 aliphatic carbocycles. The largest absolute Gasteiger partial charge is 0.478 e. The van der Waals surface area contributed by atoms with Crippen LogP contribution in [-0.4, -0.2) is 24.2 Å². The smallest absolute Gasteiger partial charge is 0.335 e. The third-order valence-electron chi connectivity index (χ3n) is 2.77. The molecule has 0 spiro atoms. The molecule has 1 saturated heterocycles. The molecule has 1 aliphatic heterocycles. The summed E-state index contributed by atoms with van der Waals surface area (Å²) >= 11 is 0. The average molecular weight is 217 g/mol. The van der Waals surface area contributed by atoms with Crippen LogP contribution in [0.25, 0.3) is 6.08 Å². The van der Waals surface area contributed by atoms with Crippen LogP contribution in [0.2, 0.25) is 0 Å². The van der Waals surface area contributed by atoms with Crippen molar-refractivity contribution in [2.75, 3.05) is 13.1 Å². The molecular weight excluding hydrogens is 202 g/mol. The third kappa shape index (κ3) is 2.70. The van der Waals surface area contributed by atoms with Crippen molar-refractivity contribution in [3.8, 4) is 0 Å². The van der Waals surface area contributed by atoms with Crippen molar-refractivity contribution in [3.05, 3.63) is 41.0 Å². The maximum Gasteiger partial charge on any atom is 0.335 e. The first-order chi connectivity index (χ1) is 7.75. The van der Waals surface area contributed by atoms with E-state index in [4.69, 9.17) is 5.11 Å². The molecule has 1 heterocycles. The van der Waals surface area contributed by atoms with Crippen molar-refractivity contribution in [2.45, 2.75) is 12.8 Å². The van der Waals surface area contributed by atoms with Crippen molar-refractivity contribution in [3.63, 3.8) is 0 Å². The van der Waals surface area contributed by atoms with E-state index in [0.717, 1.165) is 31.5 Å². The van der Waals surface area contributed by atoms with Crippen LogP contribution in [0.15, 0.2) is 29.8 Å².